The fourth-order valence-electron chi connectivity index (χ4n) is 4.72. The molecule has 1 aromatic rings. The molecule has 8 heteroatoms. The van der Waals surface area contributed by atoms with Crippen molar-refractivity contribution in [2.45, 2.75) is 37.8 Å². The van der Waals surface area contributed by atoms with Crippen LogP contribution in [0.4, 0.5) is 4.79 Å². The number of hydrogen-bond donors (Lipinski definition) is 0. The topological polar surface area (TPSA) is 62.3 Å². The number of thiophene rings is 1. The SMILES string of the molecule is COCCN1C[C@]2(CCOC2)N(C2CCN(C(=O)c3ccc(C)s3)CC2)C1=O. The van der Waals surface area contributed by atoms with Crippen molar-refractivity contribution in [2.24, 2.45) is 0 Å². The van der Waals surface area contributed by atoms with Gasteiger partial charge in [-0.25, -0.2) is 4.79 Å². The zero-order valence-corrected chi connectivity index (χ0v) is 17.5. The van der Waals surface area contributed by atoms with Crippen LogP contribution in [0.1, 0.15) is 33.8 Å². The molecule has 154 valence electrons. The predicted octanol–water partition coefficient (Wildman–Crippen LogP) is 2.20. The van der Waals surface area contributed by atoms with Crippen molar-refractivity contribution in [3.05, 3.63) is 21.9 Å². The van der Waals surface area contributed by atoms with Gasteiger partial charge in [0.25, 0.3) is 5.91 Å². The van der Waals surface area contributed by atoms with Gasteiger partial charge in [-0.05, 0) is 38.3 Å². The van der Waals surface area contributed by atoms with E-state index >= 15 is 0 Å². The van der Waals surface area contributed by atoms with Gasteiger partial charge in [0.2, 0.25) is 0 Å². The van der Waals surface area contributed by atoms with Gasteiger partial charge in [0, 0.05) is 50.8 Å². The van der Waals surface area contributed by atoms with Gasteiger partial charge in [0.05, 0.1) is 23.6 Å². The van der Waals surface area contributed by atoms with E-state index in [9.17, 15) is 9.59 Å². The normalized spacial score (nSPS) is 26.1. The Morgan fingerprint density at radius 1 is 1.36 bits per heavy atom. The molecule has 0 aliphatic carbocycles. The van der Waals surface area contributed by atoms with E-state index in [0.717, 1.165) is 29.0 Å². The summed E-state index contributed by atoms with van der Waals surface area (Å²) in [5.74, 6) is 0.116. The maximum atomic E-state index is 13.2. The average molecular weight is 408 g/mol. The van der Waals surface area contributed by atoms with E-state index in [1.165, 1.54) is 0 Å². The van der Waals surface area contributed by atoms with Crippen LogP contribution >= 0.6 is 11.3 Å². The Bertz CT molecular complexity index is 723. The average Bonchev–Trinajstić information content (AvgIpc) is 3.40. The standard InChI is InChI=1S/C20H29N3O4S/c1-15-3-4-17(28-15)18(24)21-8-5-16(6-9-21)23-19(25)22(10-12-26-2)13-20(23)7-11-27-14-20/h3-4,16H,5-14H2,1-2H3/t20-/m0/s1. The summed E-state index contributed by atoms with van der Waals surface area (Å²) in [5, 5.41) is 0. The van der Waals surface area contributed by atoms with Gasteiger partial charge < -0.3 is 24.2 Å². The van der Waals surface area contributed by atoms with Crippen molar-refractivity contribution < 1.29 is 19.1 Å². The van der Waals surface area contributed by atoms with Gasteiger partial charge in [0.1, 0.15) is 0 Å². The number of methoxy groups -OCH3 is 1. The molecule has 0 bridgehead atoms. The first-order valence-electron chi connectivity index (χ1n) is 10.0. The third-order valence-electron chi connectivity index (χ3n) is 6.19. The van der Waals surface area contributed by atoms with Crippen molar-refractivity contribution in [3.8, 4) is 0 Å². The predicted molar refractivity (Wildman–Crippen MR) is 107 cm³/mol. The zero-order chi connectivity index (χ0) is 19.7. The maximum Gasteiger partial charge on any atom is 0.321 e. The number of ether oxygens (including phenoxy) is 2. The number of piperidine rings is 1. The molecule has 4 rings (SSSR count). The van der Waals surface area contributed by atoms with E-state index in [2.05, 4.69) is 4.90 Å². The summed E-state index contributed by atoms with van der Waals surface area (Å²) in [7, 11) is 1.66. The van der Waals surface area contributed by atoms with Gasteiger partial charge in [0.15, 0.2) is 0 Å². The number of hydrogen-bond acceptors (Lipinski definition) is 5. The summed E-state index contributed by atoms with van der Waals surface area (Å²) in [6, 6.07) is 4.17. The number of aryl methyl sites for hydroxylation is 1. The molecule has 0 N–H and O–H groups in total. The Morgan fingerprint density at radius 3 is 2.75 bits per heavy atom. The number of likely N-dealkylation sites (tertiary alicyclic amines) is 1. The summed E-state index contributed by atoms with van der Waals surface area (Å²) in [4.78, 5) is 33.8. The van der Waals surface area contributed by atoms with E-state index in [1.807, 2.05) is 28.9 Å². The molecular formula is C20H29N3O4S. The van der Waals surface area contributed by atoms with E-state index in [-0.39, 0.29) is 23.5 Å². The van der Waals surface area contributed by atoms with Crippen LogP contribution in [-0.2, 0) is 9.47 Å². The molecule has 1 aromatic heterocycles. The lowest BCUT2D eigenvalue weighted by molar-refractivity contribution is 0.0501. The third kappa shape index (κ3) is 3.53. The largest absolute Gasteiger partial charge is 0.383 e. The number of carbonyl (C=O) groups excluding carboxylic acids is 2. The fraction of sp³-hybridized carbons (Fsp3) is 0.700. The molecule has 3 fully saturated rings. The Morgan fingerprint density at radius 2 is 2.14 bits per heavy atom. The highest BCUT2D eigenvalue weighted by atomic mass is 32.1. The number of rotatable bonds is 5. The summed E-state index contributed by atoms with van der Waals surface area (Å²) >= 11 is 1.55. The molecule has 3 saturated heterocycles. The minimum Gasteiger partial charge on any atom is -0.383 e. The smallest absolute Gasteiger partial charge is 0.321 e. The van der Waals surface area contributed by atoms with Gasteiger partial charge in [-0.15, -0.1) is 11.3 Å². The molecular weight excluding hydrogens is 378 g/mol. The first-order chi connectivity index (χ1) is 13.5. The van der Waals surface area contributed by atoms with E-state index in [4.69, 9.17) is 9.47 Å². The molecule has 7 nitrogen and oxygen atoms in total. The van der Waals surface area contributed by atoms with Gasteiger partial charge in [-0.3, -0.25) is 4.79 Å². The number of carbonyl (C=O) groups is 2. The molecule has 0 radical (unpaired) electrons. The highest BCUT2D eigenvalue weighted by molar-refractivity contribution is 7.13. The Labute approximate surface area is 170 Å². The quantitative estimate of drug-likeness (QED) is 0.751. The molecule has 28 heavy (non-hydrogen) atoms. The van der Waals surface area contributed by atoms with Crippen molar-refractivity contribution in [3.63, 3.8) is 0 Å². The van der Waals surface area contributed by atoms with Crippen LogP contribution < -0.4 is 0 Å². The van der Waals surface area contributed by atoms with Crippen molar-refractivity contribution >= 4 is 23.3 Å². The molecule has 1 atom stereocenters. The summed E-state index contributed by atoms with van der Waals surface area (Å²) in [5.41, 5.74) is -0.216. The zero-order valence-electron chi connectivity index (χ0n) is 16.7. The molecule has 0 saturated carbocycles. The van der Waals surface area contributed by atoms with Crippen LogP contribution in [0.25, 0.3) is 0 Å². The molecule has 3 amide bonds. The second-order valence-electron chi connectivity index (χ2n) is 8.03. The summed E-state index contributed by atoms with van der Waals surface area (Å²) in [6.07, 6.45) is 2.53. The first kappa shape index (κ1) is 19.7. The lowest BCUT2D eigenvalue weighted by atomic mass is 9.93. The monoisotopic (exact) mass is 407 g/mol. The Balaban J connectivity index is 1.43. The van der Waals surface area contributed by atoms with Crippen LogP contribution in [0.5, 0.6) is 0 Å². The van der Waals surface area contributed by atoms with Crippen LogP contribution in [0.15, 0.2) is 12.1 Å². The van der Waals surface area contributed by atoms with Gasteiger partial charge in [-0.1, -0.05) is 0 Å². The summed E-state index contributed by atoms with van der Waals surface area (Å²) < 4.78 is 10.9. The second kappa shape index (κ2) is 8.00. The fourth-order valence-corrected chi connectivity index (χ4v) is 5.55. The van der Waals surface area contributed by atoms with Gasteiger partial charge >= 0.3 is 6.03 Å². The minimum atomic E-state index is -0.216. The molecule has 1 spiro atoms. The third-order valence-corrected chi connectivity index (χ3v) is 7.18. The second-order valence-corrected chi connectivity index (χ2v) is 9.32. The highest BCUT2D eigenvalue weighted by Crippen LogP contribution is 2.38. The van der Waals surface area contributed by atoms with E-state index < -0.39 is 0 Å². The lowest BCUT2D eigenvalue weighted by Gasteiger charge is -2.42. The van der Waals surface area contributed by atoms with Crippen molar-refractivity contribution in [2.75, 3.05) is 53.1 Å². The lowest BCUT2D eigenvalue weighted by Crippen LogP contribution is -2.56. The highest BCUT2D eigenvalue weighted by Gasteiger charge is 2.54. The number of nitrogens with zero attached hydrogens (tertiary/aromatic N) is 3. The Hall–Kier alpha value is -1.64. The first-order valence-corrected chi connectivity index (χ1v) is 10.9. The minimum absolute atomic E-state index is 0.0983. The molecule has 0 unspecified atom stereocenters. The maximum absolute atomic E-state index is 13.2. The van der Waals surface area contributed by atoms with Crippen molar-refractivity contribution in [1.82, 2.24) is 14.7 Å². The summed E-state index contributed by atoms with van der Waals surface area (Å²) in [6.45, 7) is 6.59. The van der Waals surface area contributed by atoms with Crippen molar-refractivity contribution in [1.29, 1.82) is 0 Å². The molecule has 4 heterocycles. The molecule has 3 aliphatic heterocycles. The number of amides is 3. The Kier molecular flexibility index (Phi) is 5.62. The van der Waals surface area contributed by atoms with E-state index in [0.29, 0.717) is 46.0 Å². The number of urea groups is 1. The van der Waals surface area contributed by atoms with Crippen LogP contribution in [0.3, 0.4) is 0 Å². The van der Waals surface area contributed by atoms with Crippen LogP contribution in [0.2, 0.25) is 0 Å². The van der Waals surface area contributed by atoms with Crippen LogP contribution in [-0.4, -0.2) is 91.3 Å². The van der Waals surface area contributed by atoms with Gasteiger partial charge in [-0.2, -0.15) is 0 Å². The van der Waals surface area contributed by atoms with E-state index in [1.54, 1.807) is 18.4 Å². The van der Waals surface area contributed by atoms with Crippen LogP contribution in [0, 0.1) is 6.92 Å². The molecule has 3 aliphatic rings. The molecule has 0 aromatic carbocycles.